The lowest BCUT2D eigenvalue weighted by molar-refractivity contribution is -0.141. The Kier molecular flexibility index (Phi) is 5.03. The molecule has 0 aliphatic carbocycles. The van der Waals surface area contributed by atoms with Crippen molar-refractivity contribution in [3.05, 3.63) is 21.3 Å². The number of halogens is 1. The predicted octanol–water partition coefficient (Wildman–Crippen LogP) is 1.69. The van der Waals surface area contributed by atoms with Crippen molar-refractivity contribution in [3.8, 4) is 11.8 Å². The van der Waals surface area contributed by atoms with Crippen LogP contribution in [0.25, 0.3) is 0 Å². The number of ether oxygens (including phenoxy) is 2. The number of nitrogens with two attached hydrogens (primary N) is 1. The van der Waals surface area contributed by atoms with E-state index in [-0.39, 0.29) is 19.0 Å². The van der Waals surface area contributed by atoms with E-state index in [4.69, 9.17) is 15.7 Å². The first kappa shape index (κ1) is 13.6. The molecule has 0 heterocycles. The molecule has 0 radical (unpaired) electrons. The van der Waals surface area contributed by atoms with Crippen LogP contribution in [-0.4, -0.2) is 19.7 Å². The fourth-order valence-corrected chi connectivity index (χ4v) is 1.97. The molecule has 0 saturated heterocycles. The van der Waals surface area contributed by atoms with Crippen molar-refractivity contribution in [1.29, 1.82) is 5.26 Å². The number of anilines is 1. The fraction of sp³-hybridized carbons (Fsp3) is 0.273. The third-order valence-electron chi connectivity index (χ3n) is 1.98. The summed E-state index contributed by atoms with van der Waals surface area (Å²) in [7, 11) is 1.32. The van der Waals surface area contributed by atoms with Crippen LogP contribution in [0.3, 0.4) is 0 Å². The van der Waals surface area contributed by atoms with Crippen LogP contribution < -0.4 is 10.5 Å². The number of nitrogens with zero attached hydrogens (tertiary/aromatic N) is 1. The van der Waals surface area contributed by atoms with Crippen LogP contribution in [0.1, 0.15) is 12.0 Å². The van der Waals surface area contributed by atoms with Crippen LogP contribution in [0.5, 0.6) is 5.75 Å². The average Bonchev–Trinajstić information content (AvgIpc) is 2.31. The topological polar surface area (TPSA) is 85.3 Å². The molecule has 0 aliphatic rings. The molecule has 5 nitrogen and oxygen atoms in total. The average molecular weight is 346 g/mol. The van der Waals surface area contributed by atoms with Gasteiger partial charge in [-0.3, -0.25) is 4.79 Å². The number of hydrogen-bond donors (Lipinski definition) is 1. The van der Waals surface area contributed by atoms with Gasteiger partial charge in [-0.25, -0.2) is 0 Å². The first-order valence-corrected chi connectivity index (χ1v) is 5.85. The van der Waals surface area contributed by atoms with Gasteiger partial charge in [-0.05, 0) is 34.7 Å². The fourth-order valence-electron chi connectivity index (χ4n) is 1.17. The first-order chi connectivity index (χ1) is 8.08. The number of esters is 1. The third-order valence-corrected chi connectivity index (χ3v) is 2.78. The standard InChI is InChI=1S/C11H11IN2O3/c1-16-10(15)2-3-17-11-8(12)4-7(6-13)5-9(11)14/h4-5H,2-3,14H2,1H3. The van der Waals surface area contributed by atoms with Gasteiger partial charge >= 0.3 is 5.97 Å². The summed E-state index contributed by atoms with van der Waals surface area (Å²) in [5.41, 5.74) is 6.62. The van der Waals surface area contributed by atoms with Crippen LogP contribution in [0, 0.1) is 14.9 Å². The second kappa shape index (κ2) is 6.30. The van der Waals surface area contributed by atoms with Crippen molar-refractivity contribution >= 4 is 34.2 Å². The number of benzene rings is 1. The van der Waals surface area contributed by atoms with Crippen molar-refractivity contribution in [2.24, 2.45) is 0 Å². The van der Waals surface area contributed by atoms with Gasteiger partial charge in [0.2, 0.25) is 0 Å². The molecule has 0 aromatic heterocycles. The quantitative estimate of drug-likeness (QED) is 0.509. The van der Waals surface area contributed by atoms with Gasteiger partial charge in [0.1, 0.15) is 0 Å². The highest BCUT2D eigenvalue weighted by atomic mass is 127. The van der Waals surface area contributed by atoms with Crippen molar-refractivity contribution in [1.82, 2.24) is 0 Å². The minimum absolute atomic E-state index is 0.159. The molecule has 0 bridgehead atoms. The second-order valence-corrected chi connectivity index (χ2v) is 4.33. The van der Waals surface area contributed by atoms with E-state index < -0.39 is 0 Å². The molecule has 0 spiro atoms. The lowest BCUT2D eigenvalue weighted by Gasteiger charge is -2.10. The Bertz CT molecular complexity index is 445. The number of rotatable bonds is 4. The molecule has 2 N–H and O–H groups in total. The Labute approximate surface area is 113 Å². The van der Waals surface area contributed by atoms with Crippen molar-refractivity contribution in [2.45, 2.75) is 6.42 Å². The summed E-state index contributed by atoms with van der Waals surface area (Å²) >= 11 is 2.03. The van der Waals surface area contributed by atoms with E-state index in [1.807, 2.05) is 28.7 Å². The van der Waals surface area contributed by atoms with E-state index in [9.17, 15) is 4.79 Å². The summed E-state index contributed by atoms with van der Waals surface area (Å²) in [6.45, 7) is 0.193. The van der Waals surface area contributed by atoms with E-state index in [0.717, 1.165) is 3.57 Å². The van der Waals surface area contributed by atoms with Crippen LogP contribution in [0.15, 0.2) is 12.1 Å². The molecule has 17 heavy (non-hydrogen) atoms. The summed E-state index contributed by atoms with van der Waals surface area (Å²) in [4.78, 5) is 10.9. The van der Waals surface area contributed by atoms with E-state index in [2.05, 4.69) is 4.74 Å². The molecule has 0 atom stereocenters. The summed E-state index contributed by atoms with van der Waals surface area (Å²) in [5, 5.41) is 8.75. The maximum atomic E-state index is 10.9. The highest BCUT2D eigenvalue weighted by Gasteiger charge is 2.09. The van der Waals surface area contributed by atoms with Gasteiger partial charge in [0.15, 0.2) is 5.75 Å². The summed E-state index contributed by atoms with van der Waals surface area (Å²) < 4.78 is 10.6. The van der Waals surface area contributed by atoms with Crippen LogP contribution in [-0.2, 0) is 9.53 Å². The van der Waals surface area contributed by atoms with E-state index in [0.29, 0.717) is 17.0 Å². The number of nitrogen functional groups attached to an aromatic ring is 1. The summed E-state index contributed by atoms with van der Waals surface area (Å²) in [6.07, 6.45) is 0.159. The number of hydrogen-bond acceptors (Lipinski definition) is 5. The van der Waals surface area contributed by atoms with E-state index >= 15 is 0 Å². The number of carbonyl (C=O) groups is 1. The smallest absolute Gasteiger partial charge is 0.308 e. The Hall–Kier alpha value is -1.49. The molecule has 0 amide bonds. The monoisotopic (exact) mass is 346 g/mol. The normalized spacial score (nSPS) is 9.47. The lowest BCUT2D eigenvalue weighted by Crippen LogP contribution is -2.09. The second-order valence-electron chi connectivity index (χ2n) is 3.16. The van der Waals surface area contributed by atoms with Crippen molar-refractivity contribution in [3.63, 3.8) is 0 Å². The van der Waals surface area contributed by atoms with E-state index in [1.54, 1.807) is 6.07 Å². The van der Waals surface area contributed by atoms with Gasteiger partial charge in [0.05, 0.1) is 41.0 Å². The molecule has 1 aromatic carbocycles. The number of carbonyl (C=O) groups excluding carboxylic acids is 1. The number of nitriles is 1. The maximum absolute atomic E-state index is 10.9. The van der Waals surface area contributed by atoms with Gasteiger partial charge in [0, 0.05) is 0 Å². The van der Waals surface area contributed by atoms with E-state index in [1.165, 1.54) is 13.2 Å². The lowest BCUT2D eigenvalue weighted by atomic mass is 10.2. The molecule has 1 rings (SSSR count). The molecule has 0 aliphatic heterocycles. The predicted molar refractivity (Wildman–Crippen MR) is 70.4 cm³/mol. The number of methoxy groups -OCH3 is 1. The van der Waals surface area contributed by atoms with Gasteiger partial charge in [-0.15, -0.1) is 0 Å². The van der Waals surface area contributed by atoms with Gasteiger partial charge < -0.3 is 15.2 Å². The molecular formula is C11H11IN2O3. The maximum Gasteiger partial charge on any atom is 0.308 e. The largest absolute Gasteiger partial charge is 0.490 e. The van der Waals surface area contributed by atoms with Gasteiger partial charge in [-0.2, -0.15) is 5.26 Å². The molecule has 1 aromatic rings. The minimum Gasteiger partial charge on any atom is -0.490 e. The van der Waals surface area contributed by atoms with Crippen LogP contribution in [0.4, 0.5) is 5.69 Å². The Morgan fingerprint density at radius 2 is 2.29 bits per heavy atom. The van der Waals surface area contributed by atoms with Gasteiger partial charge in [0.25, 0.3) is 0 Å². The summed E-state index contributed by atoms with van der Waals surface area (Å²) in [6, 6.07) is 5.21. The summed E-state index contributed by atoms with van der Waals surface area (Å²) in [5.74, 6) is 0.153. The Balaban J connectivity index is 2.72. The SMILES string of the molecule is COC(=O)CCOc1c(N)cc(C#N)cc1I. The highest BCUT2D eigenvalue weighted by Crippen LogP contribution is 2.29. The highest BCUT2D eigenvalue weighted by molar-refractivity contribution is 14.1. The zero-order valence-corrected chi connectivity index (χ0v) is 11.4. The molecule has 90 valence electrons. The van der Waals surface area contributed by atoms with Gasteiger partial charge in [-0.1, -0.05) is 0 Å². The first-order valence-electron chi connectivity index (χ1n) is 4.77. The Morgan fingerprint density at radius 3 is 2.82 bits per heavy atom. The molecule has 0 fully saturated rings. The molecule has 0 unspecified atom stereocenters. The minimum atomic E-state index is -0.341. The molecule has 0 saturated carbocycles. The van der Waals surface area contributed by atoms with Crippen molar-refractivity contribution in [2.75, 3.05) is 19.5 Å². The Morgan fingerprint density at radius 1 is 1.59 bits per heavy atom. The molecular weight excluding hydrogens is 335 g/mol. The zero-order chi connectivity index (χ0) is 12.8. The zero-order valence-electron chi connectivity index (χ0n) is 9.20. The third kappa shape index (κ3) is 3.78. The van der Waals surface area contributed by atoms with Crippen LogP contribution >= 0.6 is 22.6 Å². The van der Waals surface area contributed by atoms with Crippen LogP contribution in [0.2, 0.25) is 0 Å². The molecule has 6 heteroatoms. The van der Waals surface area contributed by atoms with Crippen molar-refractivity contribution < 1.29 is 14.3 Å².